The average Bonchev–Trinajstić information content (AvgIpc) is 2.88. The summed E-state index contributed by atoms with van der Waals surface area (Å²) in [6.07, 6.45) is 0. The Morgan fingerprint density at radius 1 is 1.30 bits per heavy atom. The van der Waals surface area contributed by atoms with Gasteiger partial charge in [-0.2, -0.15) is 0 Å². The fourth-order valence-electron chi connectivity index (χ4n) is 1.52. The molecule has 20 heavy (non-hydrogen) atoms. The van der Waals surface area contributed by atoms with Gasteiger partial charge in [-0.15, -0.1) is 0 Å². The van der Waals surface area contributed by atoms with Gasteiger partial charge in [0.1, 0.15) is 11.6 Å². The van der Waals surface area contributed by atoms with Crippen molar-refractivity contribution < 1.29 is 23.5 Å². The molecule has 1 aromatic heterocycles. The van der Waals surface area contributed by atoms with E-state index < -0.39 is 17.7 Å². The summed E-state index contributed by atoms with van der Waals surface area (Å²) in [4.78, 5) is 22.5. The van der Waals surface area contributed by atoms with E-state index in [1.54, 1.807) is 0 Å². The fraction of sp³-hybridized carbons (Fsp3) is 0.0769. The van der Waals surface area contributed by atoms with Gasteiger partial charge in [0.15, 0.2) is 0 Å². The first-order chi connectivity index (χ1) is 9.47. The zero-order valence-electron chi connectivity index (χ0n) is 10.0. The Kier molecular flexibility index (Phi) is 4.19. The van der Waals surface area contributed by atoms with Crippen LogP contribution in [0.4, 0.5) is 4.39 Å². The Morgan fingerprint density at radius 3 is 2.70 bits per heavy atom. The van der Waals surface area contributed by atoms with Gasteiger partial charge in [0.2, 0.25) is 5.76 Å². The van der Waals surface area contributed by atoms with Gasteiger partial charge in [-0.3, -0.25) is 4.79 Å². The first-order valence-electron chi connectivity index (χ1n) is 5.52. The summed E-state index contributed by atoms with van der Waals surface area (Å²) in [7, 11) is 0. The van der Waals surface area contributed by atoms with Gasteiger partial charge < -0.3 is 14.8 Å². The van der Waals surface area contributed by atoms with E-state index in [0.29, 0.717) is 10.2 Å². The molecular formula is C13H9BrFNO4. The highest BCUT2D eigenvalue weighted by Crippen LogP contribution is 2.18. The van der Waals surface area contributed by atoms with E-state index >= 15 is 0 Å². The van der Waals surface area contributed by atoms with Crippen LogP contribution >= 0.6 is 15.9 Å². The lowest BCUT2D eigenvalue weighted by Gasteiger charge is -2.05. The maximum absolute atomic E-state index is 13.1. The van der Waals surface area contributed by atoms with Crippen LogP contribution in [-0.2, 0) is 6.54 Å². The molecule has 0 radical (unpaired) electrons. The second kappa shape index (κ2) is 5.87. The topological polar surface area (TPSA) is 79.5 Å². The lowest BCUT2D eigenvalue weighted by molar-refractivity contribution is 0.0660. The molecule has 0 aliphatic heterocycles. The molecule has 0 unspecified atom stereocenters. The van der Waals surface area contributed by atoms with Crippen LogP contribution < -0.4 is 5.32 Å². The predicted octanol–water partition coefficient (Wildman–Crippen LogP) is 2.81. The standard InChI is InChI=1S/C13H9BrFNO4/c14-10-3-1-7(15)5-9(10)12(17)16-6-8-2-4-11(20-8)13(18)19/h1-5H,6H2,(H,16,17)(H,18,19). The minimum atomic E-state index is -1.18. The van der Waals surface area contributed by atoms with Crippen molar-refractivity contribution in [3.63, 3.8) is 0 Å². The Hall–Kier alpha value is -2.15. The van der Waals surface area contributed by atoms with Crippen molar-refractivity contribution in [1.29, 1.82) is 0 Å². The monoisotopic (exact) mass is 341 g/mol. The molecule has 1 amide bonds. The summed E-state index contributed by atoms with van der Waals surface area (Å²) in [5.41, 5.74) is 0.148. The molecule has 0 atom stereocenters. The predicted molar refractivity (Wildman–Crippen MR) is 70.9 cm³/mol. The van der Waals surface area contributed by atoms with Gasteiger partial charge in [0, 0.05) is 4.47 Å². The smallest absolute Gasteiger partial charge is 0.371 e. The van der Waals surface area contributed by atoms with Crippen molar-refractivity contribution in [2.45, 2.75) is 6.54 Å². The third-order valence-corrected chi connectivity index (χ3v) is 3.16. The van der Waals surface area contributed by atoms with Gasteiger partial charge in [-0.25, -0.2) is 9.18 Å². The molecule has 0 saturated heterocycles. The molecule has 0 aliphatic carbocycles. The number of aromatic carboxylic acids is 1. The first kappa shape index (κ1) is 14.3. The minimum Gasteiger partial charge on any atom is -0.475 e. The average molecular weight is 342 g/mol. The summed E-state index contributed by atoms with van der Waals surface area (Å²) in [6, 6.07) is 6.50. The molecule has 7 heteroatoms. The Balaban J connectivity index is 2.04. The lowest BCUT2D eigenvalue weighted by atomic mass is 10.2. The van der Waals surface area contributed by atoms with Crippen LogP contribution in [0.25, 0.3) is 0 Å². The Labute approximate surface area is 121 Å². The SMILES string of the molecule is O=C(O)c1ccc(CNC(=O)c2cc(F)ccc2Br)o1. The summed E-state index contributed by atoms with van der Waals surface area (Å²) in [6.45, 7) is 0.00899. The normalized spacial score (nSPS) is 10.3. The highest BCUT2D eigenvalue weighted by atomic mass is 79.9. The molecule has 0 fully saturated rings. The van der Waals surface area contributed by atoms with E-state index in [2.05, 4.69) is 21.2 Å². The van der Waals surface area contributed by atoms with Crippen LogP contribution in [0.5, 0.6) is 0 Å². The zero-order chi connectivity index (χ0) is 14.7. The number of amides is 1. The largest absolute Gasteiger partial charge is 0.475 e. The molecule has 2 N–H and O–H groups in total. The Bertz CT molecular complexity index is 668. The maximum Gasteiger partial charge on any atom is 0.371 e. The van der Waals surface area contributed by atoms with Crippen molar-refractivity contribution in [3.05, 3.63) is 57.7 Å². The van der Waals surface area contributed by atoms with E-state index in [4.69, 9.17) is 9.52 Å². The van der Waals surface area contributed by atoms with Crippen LogP contribution in [0.2, 0.25) is 0 Å². The van der Waals surface area contributed by atoms with E-state index in [-0.39, 0.29) is 17.9 Å². The fourth-order valence-corrected chi connectivity index (χ4v) is 1.95. The van der Waals surface area contributed by atoms with Crippen LogP contribution in [0.15, 0.2) is 39.2 Å². The summed E-state index contributed by atoms with van der Waals surface area (Å²) in [5.74, 6) is -2.12. The van der Waals surface area contributed by atoms with Crippen molar-refractivity contribution in [3.8, 4) is 0 Å². The second-order valence-corrected chi connectivity index (χ2v) is 4.73. The summed E-state index contributed by atoms with van der Waals surface area (Å²) in [5, 5.41) is 11.2. The van der Waals surface area contributed by atoms with E-state index in [1.165, 1.54) is 24.3 Å². The molecular weight excluding hydrogens is 333 g/mol. The van der Waals surface area contributed by atoms with Crippen molar-refractivity contribution in [2.75, 3.05) is 0 Å². The number of carboxylic acid groups (broad SMARTS) is 1. The molecule has 2 rings (SSSR count). The molecule has 104 valence electrons. The van der Waals surface area contributed by atoms with Gasteiger partial charge >= 0.3 is 5.97 Å². The number of halogens is 2. The van der Waals surface area contributed by atoms with Crippen molar-refractivity contribution >= 4 is 27.8 Å². The number of rotatable bonds is 4. The van der Waals surface area contributed by atoms with E-state index in [0.717, 1.165) is 6.07 Å². The molecule has 0 aliphatic rings. The number of carbonyl (C=O) groups excluding carboxylic acids is 1. The van der Waals surface area contributed by atoms with Crippen molar-refractivity contribution in [1.82, 2.24) is 5.32 Å². The van der Waals surface area contributed by atoms with Crippen LogP contribution in [0.1, 0.15) is 26.7 Å². The molecule has 2 aromatic rings. The second-order valence-electron chi connectivity index (χ2n) is 3.88. The van der Waals surface area contributed by atoms with E-state index in [1.807, 2.05) is 0 Å². The molecule has 1 heterocycles. The molecule has 0 spiro atoms. The first-order valence-corrected chi connectivity index (χ1v) is 6.32. The third kappa shape index (κ3) is 3.24. The number of hydrogen-bond donors (Lipinski definition) is 2. The van der Waals surface area contributed by atoms with Gasteiger partial charge in [0.05, 0.1) is 12.1 Å². The third-order valence-electron chi connectivity index (χ3n) is 2.47. The molecule has 1 aromatic carbocycles. The number of furan rings is 1. The highest BCUT2D eigenvalue weighted by molar-refractivity contribution is 9.10. The summed E-state index contributed by atoms with van der Waals surface area (Å²) < 4.78 is 18.5. The van der Waals surface area contributed by atoms with Crippen LogP contribution in [0, 0.1) is 5.82 Å². The lowest BCUT2D eigenvalue weighted by Crippen LogP contribution is -2.23. The van der Waals surface area contributed by atoms with E-state index in [9.17, 15) is 14.0 Å². The maximum atomic E-state index is 13.1. The molecule has 0 bridgehead atoms. The van der Waals surface area contributed by atoms with Crippen LogP contribution in [0.3, 0.4) is 0 Å². The Morgan fingerprint density at radius 2 is 2.05 bits per heavy atom. The van der Waals surface area contributed by atoms with Gasteiger partial charge in [0.25, 0.3) is 5.91 Å². The minimum absolute atomic E-state index is 0.00899. The van der Waals surface area contributed by atoms with Gasteiger partial charge in [-0.05, 0) is 46.3 Å². The molecule has 0 saturated carbocycles. The number of benzene rings is 1. The van der Waals surface area contributed by atoms with Crippen LogP contribution in [-0.4, -0.2) is 17.0 Å². The molecule has 5 nitrogen and oxygen atoms in total. The number of hydrogen-bond acceptors (Lipinski definition) is 3. The number of carbonyl (C=O) groups is 2. The van der Waals surface area contributed by atoms with Crippen molar-refractivity contribution in [2.24, 2.45) is 0 Å². The zero-order valence-corrected chi connectivity index (χ0v) is 11.6. The summed E-state index contributed by atoms with van der Waals surface area (Å²) >= 11 is 3.15. The number of carboxylic acids is 1. The highest BCUT2D eigenvalue weighted by Gasteiger charge is 2.13. The number of nitrogens with one attached hydrogen (secondary N) is 1. The quantitative estimate of drug-likeness (QED) is 0.896. The van der Waals surface area contributed by atoms with Gasteiger partial charge in [-0.1, -0.05) is 0 Å².